The fraction of sp³-hybridized carbons (Fsp3) is 0.462. The van der Waals surface area contributed by atoms with Crippen LogP contribution in [0.15, 0.2) is 29.0 Å². The van der Waals surface area contributed by atoms with Crippen molar-refractivity contribution in [1.82, 2.24) is 0 Å². The number of phenolic OH excluding ortho intramolecular Hbond substituents is 1. The number of carbonyl (C=O) groups is 4. The quantitative estimate of drug-likeness (QED) is 0.290. The fourth-order valence-electron chi connectivity index (χ4n) is 6.37. The minimum Gasteiger partial charge on any atom is -0.508 e. The Morgan fingerprint density at radius 3 is 2.29 bits per heavy atom. The normalized spacial score (nSPS) is 34.6. The van der Waals surface area contributed by atoms with E-state index >= 15 is 0 Å². The smallest absolute Gasteiger partial charge is 0.217 e. The number of hydrogen-bond acceptors (Lipinski definition) is 12. The zero-order valence-electron chi connectivity index (χ0n) is 20.9. The second-order valence-electron chi connectivity index (χ2n) is 10.8. The van der Waals surface area contributed by atoms with E-state index in [1.165, 1.54) is 27.0 Å². The van der Waals surface area contributed by atoms with Gasteiger partial charge in [-0.3, -0.25) is 19.2 Å². The van der Waals surface area contributed by atoms with Crippen molar-refractivity contribution in [2.45, 2.75) is 62.6 Å². The number of carbonyl (C=O) groups excluding carboxylic acids is 4. The molecule has 1 aromatic carbocycles. The lowest BCUT2D eigenvalue weighted by atomic mass is 9.48. The Morgan fingerprint density at radius 1 is 1.11 bits per heavy atom. The van der Waals surface area contributed by atoms with Crippen molar-refractivity contribution >= 4 is 28.9 Å². The van der Waals surface area contributed by atoms with E-state index in [0.29, 0.717) is 0 Å². The molecule has 5 rings (SSSR count). The van der Waals surface area contributed by atoms with Crippen molar-refractivity contribution in [2.24, 2.45) is 5.41 Å². The second-order valence-corrected chi connectivity index (χ2v) is 10.8. The number of aliphatic hydroxyl groups excluding tert-OH is 2. The van der Waals surface area contributed by atoms with E-state index in [0.717, 1.165) is 13.0 Å². The summed E-state index contributed by atoms with van der Waals surface area (Å²) < 4.78 is 11.1. The fourth-order valence-corrected chi connectivity index (χ4v) is 6.37. The van der Waals surface area contributed by atoms with Crippen molar-refractivity contribution in [3.8, 4) is 11.5 Å². The van der Waals surface area contributed by atoms with Crippen molar-refractivity contribution in [2.75, 3.05) is 7.11 Å². The first-order chi connectivity index (χ1) is 17.5. The molecular weight excluding hydrogens is 504 g/mol. The summed E-state index contributed by atoms with van der Waals surface area (Å²) in [7, 11) is 1.27. The Bertz CT molecular complexity index is 1430. The average molecular weight is 530 g/mol. The number of Topliss-reactive ketones (excluding diaryl/α,β-unsaturated/α-hetero) is 4. The van der Waals surface area contributed by atoms with E-state index in [1.807, 2.05) is 0 Å². The van der Waals surface area contributed by atoms with E-state index in [-0.39, 0.29) is 11.3 Å². The van der Waals surface area contributed by atoms with Crippen molar-refractivity contribution in [3.63, 3.8) is 0 Å². The van der Waals surface area contributed by atoms with Crippen LogP contribution in [0.1, 0.15) is 49.5 Å². The number of aliphatic hydroxyl groups is 5. The molecule has 6 N–H and O–H groups in total. The first kappa shape index (κ1) is 26.0. The highest BCUT2D eigenvalue weighted by molar-refractivity contribution is 6.27. The number of ether oxygens (including phenoxy) is 2. The van der Waals surface area contributed by atoms with Gasteiger partial charge < -0.3 is 40.1 Å². The maximum atomic E-state index is 14.3. The van der Waals surface area contributed by atoms with Crippen molar-refractivity contribution in [1.29, 1.82) is 0 Å². The van der Waals surface area contributed by atoms with Crippen LogP contribution in [0.5, 0.6) is 11.5 Å². The number of phenols is 1. The van der Waals surface area contributed by atoms with E-state index < -0.39 is 104 Å². The predicted molar refractivity (Wildman–Crippen MR) is 125 cm³/mol. The molecule has 0 unspecified atom stereocenters. The van der Waals surface area contributed by atoms with Gasteiger partial charge >= 0.3 is 0 Å². The number of allylic oxidation sites excluding steroid dienone is 1. The minimum absolute atomic E-state index is 0.0219. The zero-order valence-corrected chi connectivity index (χ0v) is 20.9. The molecule has 1 saturated carbocycles. The summed E-state index contributed by atoms with van der Waals surface area (Å²) in [5.74, 6) is -7.62. The second kappa shape index (κ2) is 7.50. The van der Waals surface area contributed by atoms with Crippen LogP contribution < -0.4 is 4.74 Å². The first-order valence-corrected chi connectivity index (χ1v) is 11.7. The van der Waals surface area contributed by atoms with Crippen LogP contribution in [0.3, 0.4) is 0 Å². The molecule has 1 aliphatic heterocycles. The van der Waals surface area contributed by atoms with Gasteiger partial charge in [0.2, 0.25) is 11.4 Å². The summed E-state index contributed by atoms with van der Waals surface area (Å²) >= 11 is 0. The van der Waals surface area contributed by atoms with Gasteiger partial charge in [-0.1, -0.05) is 0 Å². The van der Waals surface area contributed by atoms with Crippen LogP contribution in [-0.4, -0.2) is 89.9 Å². The van der Waals surface area contributed by atoms with Crippen LogP contribution in [0.25, 0.3) is 5.76 Å². The van der Waals surface area contributed by atoms with Crippen LogP contribution in [-0.2, 0) is 19.1 Å². The average Bonchev–Trinajstić information content (AvgIpc) is 3.22. The summed E-state index contributed by atoms with van der Waals surface area (Å²) in [5.41, 5.74) is -12.9. The Balaban J connectivity index is 1.93. The lowest BCUT2D eigenvalue weighted by Crippen LogP contribution is -2.77. The molecule has 38 heavy (non-hydrogen) atoms. The summed E-state index contributed by atoms with van der Waals surface area (Å²) in [6.07, 6.45) is -4.84. The number of aromatic hydroxyl groups is 1. The molecule has 1 heterocycles. The van der Waals surface area contributed by atoms with Gasteiger partial charge in [-0.15, -0.1) is 0 Å². The highest BCUT2D eigenvalue weighted by Crippen LogP contribution is 2.65. The summed E-state index contributed by atoms with van der Waals surface area (Å²) in [5, 5.41) is 67.4. The highest BCUT2D eigenvalue weighted by atomic mass is 16.5. The molecule has 0 bridgehead atoms. The Hall–Kier alpha value is -3.58. The Kier molecular flexibility index (Phi) is 5.14. The number of benzene rings is 1. The van der Waals surface area contributed by atoms with Gasteiger partial charge in [0.15, 0.2) is 17.3 Å². The Labute approximate surface area is 215 Å². The molecule has 0 amide bonds. The van der Waals surface area contributed by atoms with Gasteiger partial charge in [0.25, 0.3) is 0 Å². The minimum atomic E-state index is -3.40. The van der Waals surface area contributed by atoms with Crippen molar-refractivity contribution < 1.29 is 59.3 Å². The van der Waals surface area contributed by atoms with Gasteiger partial charge in [0.1, 0.15) is 40.3 Å². The molecule has 202 valence electrons. The lowest BCUT2D eigenvalue weighted by Gasteiger charge is -2.56. The number of hydrogen-bond donors (Lipinski definition) is 6. The summed E-state index contributed by atoms with van der Waals surface area (Å²) in [4.78, 5) is 53.4. The molecule has 12 heteroatoms. The molecule has 12 nitrogen and oxygen atoms in total. The third-order valence-electron chi connectivity index (χ3n) is 8.20. The summed E-state index contributed by atoms with van der Waals surface area (Å²) in [6, 6.07) is 2.27. The van der Waals surface area contributed by atoms with Gasteiger partial charge in [-0.25, -0.2) is 0 Å². The number of ketones is 4. The molecule has 0 radical (unpaired) electrons. The van der Waals surface area contributed by atoms with Gasteiger partial charge in [0.05, 0.1) is 35.4 Å². The zero-order chi connectivity index (χ0) is 28.3. The number of fused-ring (bicyclic) bond motifs is 3. The van der Waals surface area contributed by atoms with Gasteiger partial charge in [0, 0.05) is 18.1 Å². The van der Waals surface area contributed by atoms with Crippen LogP contribution >= 0.6 is 0 Å². The van der Waals surface area contributed by atoms with Gasteiger partial charge in [-0.2, -0.15) is 0 Å². The third-order valence-corrected chi connectivity index (χ3v) is 8.20. The first-order valence-electron chi connectivity index (χ1n) is 11.7. The SMILES string of the molecule is COc1cc(O)c2c(c1)C(=O)[C@]13C[C@@H](C(C)(C)O)O[C@H]1[C@]1(O)CC(=O)C(C(C)=O)=C(O)[C@]1(O)C(=O)C3=C2O. The lowest BCUT2D eigenvalue weighted by molar-refractivity contribution is -0.234. The van der Waals surface area contributed by atoms with Crippen LogP contribution in [0.2, 0.25) is 0 Å². The van der Waals surface area contributed by atoms with E-state index in [2.05, 4.69) is 0 Å². The molecule has 4 aliphatic rings. The van der Waals surface area contributed by atoms with Gasteiger partial charge in [-0.05, 0) is 33.3 Å². The van der Waals surface area contributed by atoms with E-state index in [9.17, 15) is 49.8 Å². The van der Waals surface area contributed by atoms with E-state index in [4.69, 9.17) is 9.47 Å². The van der Waals surface area contributed by atoms with Crippen LogP contribution in [0, 0.1) is 5.41 Å². The molecule has 1 aromatic rings. The molecule has 3 aliphatic carbocycles. The molecule has 1 saturated heterocycles. The number of methoxy groups -OCH3 is 1. The summed E-state index contributed by atoms with van der Waals surface area (Å²) in [6.45, 7) is 3.58. The molecule has 1 spiro atoms. The standard InChI is InChI=1S/C26H26O12/c1-9(27)15-13(29)7-25(35)22-24(8-14(38-22)23(2,3)34)17(21(33)26(25,36)20(15)32)18(30)16-11(19(24)31)5-10(37-4)6-12(16)28/h5-6,14,22,28,30,32,34-36H,7-8H2,1-4H3/t14-,22+,24+,25+,26-/m0/s1. The molecule has 0 aromatic heterocycles. The van der Waals surface area contributed by atoms with E-state index in [1.54, 1.807) is 0 Å². The Morgan fingerprint density at radius 2 is 1.74 bits per heavy atom. The van der Waals surface area contributed by atoms with Crippen molar-refractivity contribution in [3.05, 3.63) is 40.2 Å². The molecule has 2 fully saturated rings. The molecular formula is C26H26O12. The monoisotopic (exact) mass is 530 g/mol. The van der Waals surface area contributed by atoms with Crippen LogP contribution in [0.4, 0.5) is 0 Å². The molecule has 5 atom stereocenters. The number of rotatable bonds is 3. The largest absolute Gasteiger partial charge is 0.508 e. The maximum absolute atomic E-state index is 14.3. The predicted octanol–water partition coefficient (Wildman–Crippen LogP) is 0.200. The maximum Gasteiger partial charge on any atom is 0.217 e. The highest BCUT2D eigenvalue weighted by Gasteiger charge is 2.81. The third kappa shape index (κ3) is 2.77. The topological polar surface area (TPSA) is 208 Å².